The Kier molecular flexibility index (Phi) is 5.35. The number of imidazole rings is 1. The Morgan fingerprint density at radius 1 is 1.45 bits per heavy atom. The van der Waals surface area contributed by atoms with Crippen LogP contribution in [0.25, 0.3) is 0 Å². The summed E-state index contributed by atoms with van der Waals surface area (Å²) >= 11 is 0. The number of nitro benzene ring substituents is 1. The van der Waals surface area contributed by atoms with Crippen LogP contribution in [0.4, 0.5) is 11.6 Å². The fourth-order valence-corrected chi connectivity index (χ4v) is 3.35. The third kappa shape index (κ3) is 3.56. The van der Waals surface area contributed by atoms with Gasteiger partial charge in [0.25, 0.3) is 5.69 Å². The van der Waals surface area contributed by atoms with Gasteiger partial charge in [0.1, 0.15) is 0 Å². The van der Waals surface area contributed by atoms with Crippen molar-refractivity contribution < 1.29 is 24.4 Å². The number of esters is 1. The summed E-state index contributed by atoms with van der Waals surface area (Å²) in [4.78, 5) is 39.3. The zero-order valence-electron chi connectivity index (χ0n) is 16.1. The highest BCUT2D eigenvalue weighted by atomic mass is 16.6. The molecule has 1 aromatic heterocycles. The molecule has 1 aromatic carbocycles. The van der Waals surface area contributed by atoms with E-state index in [2.05, 4.69) is 10.3 Å². The zero-order valence-corrected chi connectivity index (χ0v) is 16.1. The maximum atomic E-state index is 12.8. The normalized spacial score (nSPS) is 16.6. The monoisotopic (exact) mass is 400 g/mol. The number of benzene rings is 1. The number of carbonyl (C=O) groups excluding carboxylic acids is 1. The van der Waals surface area contributed by atoms with Crippen molar-refractivity contribution >= 4 is 23.6 Å². The number of carboxylic acids is 1. The van der Waals surface area contributed by atoms with Crippen molar-refractivity contribution in [1.82, 2.24) is 9.55 Å². The van der Waals surface area contributed by atoms with Crippen LogP contribution in [-0.2, 0) is 14.3 Å². The van der Waals surface area contributed by atoms with Gasteiger partial charge in [-0.2, -0.15) is 0 Å². The van der Waals surface area contributed by atoms with Gasteiger partial charge in [-0.15, -0.1) is 0 Å². The number of nitrogens with zero attached hydrogens (tertiary/aromatic N) is 3. The second-order valence-electron chi connectivity index (χ2n) is 6.58. The number of hydrogen-bond acceptors (Lipinski definition) is 7. The molecule has 1 aliphatic heterocycles. The van der Waals surface area contributed by atoms with Gasteiger partial charge in [-0.1, -0.05) is 12.1 Å². The van der Waals surface area contributed by atoms with Crippen LogP contribution in [0, 0.1) is 10.1 Å². The molecule has 3 rings (SSSR count). The van der Waals surface area contributed by atoms with E-state index in [1.807, 2.05) is 0 Å². The maximum absolute atomic E-state index is 12.8. The summed E-state index contributed by atoms with van der Waals surface area (Å²) in [6.45, 7) is 5.00. The zero-order chi connectivity index (χ0) is 21.3. The fraction of sp³-hybridized carbons (Fsp3) is 0.316. The molecule has 2 N–H and O–H groups in total. The molecule has 29 heavy (non-hydrogen) atoms. The lowest BCUT2D eigenvalue weighted by Crippen LogP contribution is -2.31. The van der Waals surface area contributed by atoms with E-state index in [1.54, 1.807) is 24.5 Å². The Hall–Kier alpha value is -3.69. The predicted molar refractivity (Wildman–Crippen MR) is 102 cm³/mol. The molecule has 2 atom stereocenters. The minimum Gasteiger partial charge on any atom is -0.481 e. The number of carboxylic acid groups (broad SMARTS) is 1. The van der Waals surface area contributed by atoms with Crippen molar-refractivity contribution in [2.24, 2.45) is 0 Å². The molecule has 2 unspecified atom stereocenters. The lowest BCUT2D eigenvalue weighted by atomic mass is 9.94. The van der Waals surface area contributed by atoms with Crippen molar-refractivity contribution in [3.05, 3.63) is 63.1 Å². The van der Waals surface area contributed by atoms with Crippen molar-refractivity contribution in [2.45, 2.75) is 32.7 Å². The molecule has 0 saturated heterocycles. The average Bonchev–Trinajstić information content (AvgIpc) is 3.09. The third-order valence-electron chi connectivity index (χ3n) is 4.77. The molecule has 0 amide bonds. The lowest BCUT2D eigenvalue weighted by molar-refractivity contribution is -0.384. The smallest absolute Gasteiger partial charge is 0.338 e. The van der Waals surface area contributed by atoms with Crippen LogP contribution < -0.4 is 5.32 Å². The number of aliphatic carboxylic acids is 1. The van der Waals surface area contributed by atoms with E-state index in [-0.39, 0.29) is 17.9 Å². The van der Waals surface area contributed by atoms with Gasteiger partial charge in [-0.05, 0) is 26.3 Å². The number of ether oxygens (including phenoxy) is 1. The van der Waals surface area contributed by atoms with Crippen LogP contribution in [0.2, 0.25) is 0 Å². The number of nitrogens with one attached hydrogen (secondary N) is 1. The van der Waals surface area contributed by atoms with Crippen molar-refractivity contribution in [1.29, 1.82) is 0 Å². The second-order valence-corrected chi connectivity index (χ2v) is 6.58. The van der Waals surface area contributed by atoms with E-state index in [0.717, 1.165) is 0 Å². The second kappa shape index (κ2) is 7.74. The molecule has 0 fully saturated rings. The summed E-state index contributed by atoms with van der Waals surface area (Å²) in [7, 11) is 0. The molecule has 10 nitrogen and oxygen atoms in total. The van der Waals surface area contributed by atoms with Crippen LogP contribution in [0.3, 0.4) is 0 Å². The van der Waals surface area contributed by atoms with Crippen LogP contribution in [0.1, 0.15) is 44.0 Å². The van der Waals surface area contributed by atoms with E-state index >= 15 is 0 Å². The first kappa shape index (κ1) is 20.1. The molecule has 0 radical (unpaired) electrons. The number of rotatable bonds is 6. The van der Waals surface area contributed by atoms with Gasteiger partial charge in [-0.25, -0.2) is 9.78 Å². The van der Waals surface area contributed by atoms with Gasteiger partial charge >= 0.3 is 11.9 Å². The number of aromatic nitrogens is 2. The number of carbonyl (C=O) groups is 2. The van der Waals surface area contributed by atoms with Crippen LogP contribution in [0.5, 0.6) is 0 Å². The van der Waals surface area contributed by atoms with Gasteiger partial charge in [0.05, 0.1) is 41.0 Å². The summed E-state index contributed by atoms with van der Waals surface area (Å²) in [5, 5.41) is 23.8. The van der Waals surface area contributed by atoms with Gasteiger partial charge in [0, 0.05) is 17.8 Å². The Morgan fingerprint density at radius 2 is 2.17 bits per heavy atom. The molecule has 10 heteroatoms. The number of anilines is 1. The van der Waals surface area contributed by atoms with Crippen LogP contribution in [-0.4, -0.2) is 38.1 Å². The molecule has 0 saturated carbocycles. The molecule has 0 aliphatic carbocycles. The average molecular weight is 400 g/mol. The minimum absolute atomic E-state index is 0.142. The molecular formula is C19H20N4O6. The summed E-state index contributed by atoms with van der Waals surface area (Å²) in [6, 6.07) is 5.05. The van der Waals surface area contributed by atoms with Crippen LogP contribution >= 0.6 is 0 Å². The number of hydrogen-bond donors (Lipinski definition) is 2. The Morgan fingerprint density at radius 3 is 2.79 bits per heavy atom. The van der Waals surface area contributed by atoms with Gasteiger partial charge in [-0.3, -0.25) is 14.9 Å². The standard InChI is InChI=1S/C19H20N4O6/c1-4-29-18(26)15-11(3)21-19-20-9-14(10(2)17(24)25)22(19)16(15)12-6-5-7-13(8-12)23(27)28/h5-10,16H,4H2,1-3H3,(H,20,21)(H,24,25). The molecule has 2 heterocycles. The van der Waals surface area contributed by atoms with E-state index < -0.39 is 28.8 Å². The van der Waals surface area contributed by atoms with E-state index in [1.165, 1.54) is 31.3 Å². The topological polar surface area (TPSA) is 137 Å². The van der Waals surface area contributed by atoms with E-state index in [9.17, 15) is 24.8 Å². The van der Waals surface area contributed by atoms with E-state index in [0.29, 0.717) is 22.9 Å². The first-order chi connectivity index (χ1) is 13.8. The molecule has 1 aliphatic rings. The predicted octanol–water partition coefficient (Wildman–Crippen LogP) is 2.83. The molecular weight excluding hydrogens is 380 g/mol. The maximum Gasteiger partial charge on any atom is 0.338 e. The lowest BCUT2D eigenvalue weighted by Gasteiger charge is -2.31. The number of allylic oxidation sites excluding steroid dienone is 1. The minimum atomic E-state index is -1.06. The highest BCUT2D eigenvalue weighted by Crippen LogP contribution is 2.40. The number of non-ortho nitro benzene ring substituents is 1. The van der Waals surface area contributed by atoms with E-state index in [4.69, 9.17) is 4.74 Å². The summed E-state index contributed by atoms with van der Waals surface area (Å²) in [6.07, 6.45) is 1.42. The Labute approximate surface area is 166 Å². The largest absolute Gasteiger partial charge is 0.481 e. The fourth-order valence-electron chi connectivity index (χ4n) is 3.35. The van der Waals surface area contributed by atoms with Gasteiger partial charge in [0.2, 0.25) is 5.95 Å². The summed E-state index contributed by atoms with van der Waals surface area (Å²) in [5.74, 6) is -2.23. The molecule has 2 aromatic rings. The quantitative estimate of drug-likeness (QED) is 0.429. The SMILES string of the molecule is CCOC(=O)C1=C(C)Nc2ncc(C(C)C(=O)O)n2C1c1cccc([N+](=O)[O-])c1. The van der Waals surface area contributed by atoms with Crippen molar-refractivity contribution in [2.75, 3.05) is 11.9 Å². The number of nitro groups is 1. The molecule has 152 valence electrons. The molecule has 0 bridgehead atoms. The van der Waals surface area contributed by atoms with Gasteiger partial charge in [0.15, 0.2) is 0 Å². The van der Waals surface area contributed by atoms with Crippen LogP contribution in [0.15, 0.2) is 41.7 Å². The Bertz CT molecular complexity index is 1030. The van der Waals surface area contributed by atoms with Crippen molar-refractivity contribution in [3.63, 3.8) is 0 Å². The van der Waals surface area contributed by atoms with Crippen molar-refractivity contribution in [3.8, 4) is 0 Å². The summed E-state index contributed by atoms with van der Waals surface area (Å²) < 4.78 is 6.78. The first-order valence-electron chi connectivity index (χ1n) is 8.95. The number of fused-ring (bicyclic) bond motifs is 1. The highest BCUT2D eigenvalue weighted by molar-refractivity contribution is 5.92. The molecule has 0 spiro atoms. The Balaban J connectivity index is 2.26. The third-order valence-corrected chi connectivity index (χ3v) is 4.77. The summed E-state index contributed by atoms with van der Waals surface area (Å²) in [5.41, 5.74) is 1.37. The highest BCUT2D eigenvalue weighted by Gasteiger charge is 2.37. The first-order valence-corrected chi connectivity index (χ1v) is 8.95. The van der Waals surface area contributed by atoms with Gasteiger partial charge < -0.3 is 19.7 Å².